The maximum Gasteiger partial charge on any atom is 0.231 e. The zero-order chi connectivity index (χ0) is 17.7. The zero-order valence-electron chi connectivity index (χ0n) is 14.8. The molecule has 0 bridgehead atoms. The number of methoxy groups -OCH3 is 1. The molecule has 1 atom stereocenters. The van der Waals surface area contributed by atoms with Crippen LogP contribution in [0, 0.1) is 5.41 Å². The van der Waals surface area contributed by atoms with Gasteiger partial charge in [0, 0.05) is 38.6 Å². The van der Waals surface area contributed by atoms with Gasteiger partial charge in [-0.15, -0.1) is 0 Å². The molecule has 6 nitrogen and oxygen atoms in total. The van der Waals surface area contributed by atoms with E-state index in [0.717, 1.165) is 42.9 Å². The summed E-state index contributed by atoms with van der Waals surface area (Å²) in [4.78, 5) is 14.5. The van der Waals surface area contributed by atoms with E-state index in [0.29, 0.717) is 26.0 Å². The molecule has 2 heterocycles. The number of aliphatic hydroxyl groups excluding tert-OH is 1. The Morgan fingerprint density at radius 2 is 2.20 bits per heavy atom. The zero-order valence-corrected chi connectivity index (χ0v) is 14.8. The molecule has 0 spiro atoms. The molecule has 1 aromatic carbocycles. The molecule has 1 fully saturated rings. The standard InChI is InChI=1S/C19H27NO5/c1-23-10-8-19(13-21)7-2-9-20(12-19)18(22)6-4-15-3-5-16-17(11-15)25-14-24-16/h3,5,11,21H,2,4,6-10,12-14H2,1H3/t19-/m0/s1. The second kappa shape index (κ2) is 8.06. The van der Waals surface area contributed by atoms with Crippen molar-refractivity contribution in [1.82, 2.24) is 4.90 Å². The number of hydrogen-bond donors (Lipinski definition) is 1. The molecule has 1 N–H and O–H groups in total. The third kappa shape index (κ3) is 4.25. The third-order valence-electron chi connectivity index (χ3n) is 5.25. The van der Waals surface area contributed by atoms with Gasteiger partial charge in [-0.1, -0.05) is 6.07 Å². The molecule has 0 radical (unpaired) electrons. The molecule has 25 heavy (non-hydrogen) atoms. The van der Waals surface area contributed by atoms with E-state index in [-0.39, 0.29) is 24.7 Å². The largest absolute Gasteiger partial charge is 0.454 e. The highest BCUT2D eigenvalue weighted by Crippen LogP contribution is 2.34. The predicted molar refractivity (Wildman–Crippen MR) is 92.7 cm³/mol. The van der Waals surface area contributed by atoms with E-state index in [1.54, 1.807) is 7.11 Å². The summed E-state index contributed by atoms with van der Waals surface area (Å²) >= 11 is 0. The van der Waals surface area contributed by atoms with E-state index in [1.807, 2.05) is 23.1 Å². The molecule has 6 heteroatoms. The quantitative estimate of drug-likeness (QED) is 0.815. The molecule has 2 aliphatic rings. The summed E-state index contributed by atoms with van der Waals surface area (Å²) in [5, 5.41) is 9.85. The minimum atomic E-state index is -0.220. The number of fused-ring (bicyclic) bond motifs is 1. The summed E-state index contributed by atoms with van der Waals surface area (Å²) in [5.41, 5.74) is 0.852. The fourth-order valence-corrected chi connectivity index (χ4v) is 3.66. The van der Waals surface area contributed by atoms with Gasteiger partial charge in [0.25, 0.3) is 0 Å². The van der Waals surface area contributed by atoms with Crippen molar-refractivity contribution in [3.8, 4) is 11.5 Å². The highest BCUT2D eigenvalue weighted by molar-refractivity contribution is 5.76. The number of nitrogens with zero attached hydrogens (tertiary/aromatic N) is 1. The van der Waals surface area contributed by atoms with Crippen LogP contribution in [0.15, 0.2) is 18.2 Å². The third-order valence-corrected chi connectivity index (χ3v) is 5.25. The topological polar surface area (TPSA) is 68.2 Å². The predicted octanol–water partition coefficient (Wildman–Crippen LogP) is 1.99. The van der Waals surface area contributed by atoms with Gasteiger partial charge in [-0.2, -0.15) is 0 Å². The number of carbonyl (C=O) groups is 1. The van der Waals surface area contributed by atoms with Gasteiger partial charge in [0.05, 0.1) is 6.61 Å². The molecule has 3 rings (SSSR count). The smallest absolute Gasteiger partial charge is 0.231 e. The average molecular weight is 349 g/mol. The van der Waals surface area contributed by atoms with Crippen LogP contribution in [0.4, 0.5) is 0 Å². The van der Waals surface area contributed by atoms with Crippen molar-refractivity contribution < 1.29 is 24.1 Å². The van der Waals surface area contributed by atoms with Crippen LogP contribution >= 0.6 is 0 Å². The fraction of sp³-hybridized carbons (Fsp3) is 0.632. The molecule has 138 valence electrons. The normalized spacial score (nSPS) is 22.2. The molecule has 2 aliphatic heterocycles. The van der Waals surface area contributed by atoms with E-state index >= 15 is 0 Å². The van der Waals surface area contributed by atoms with Crippen molar-refractivity contribution >= 4 is 5.91 Å². The first-order valence-electron chi connectivity index (χ1n) is 8.92. The Hall–Kier alpha value is -1.79. The second-order valence-corrected chi connectivity index (χ2v) is 7.01. The molecular weight excluding hydrogens is 322 g/mol. The van der Waals surface area contributed by atoms with Crippen molar-refractivity contribution in [3.63, 3.8) is 0 Å². The van der Waals surface area contributed by atoms with Crippen LogP contribution in [0.25, 0.3) is 0 Å². The Labute approximate surface area is 148 Å². The van der Waals surface area contributed by atoms with Crippen molar-refractivity contribution in [3.05, 3.63) is 23.8 Å². The van der Waals surface area contributed by atoms with Gasteiger partial charge in [0.2, 0.25) is 12.7 Å². The monoisotopic (exact) mass is 349 g/mol. The van der Waals surface area contributed by atoms with Crippen molar-refractivity contribution in [2.75, 3.05) is 40.2 Å². The summed E-state index contributed by atoms with van der Waals surface area (Å²) in [6.07, 6.45) is 3.80. The number of hydrogen-bond acceptors (Lipinski definition) is 5. The van der Waals surface area contributed by atoms with E-state index in [4.69, 9.17) is 14.2 Å². The maximum absolute atomic E-state index is 12.6. The van der Waals surface area contributed by atoms with Crippen LogP contribution in [0.1, 0.15) is 31.2 Å². The number of rotatable bonds is 7. The highest BCUT2D eigenvalue weighted by atomic mass is 16.7. The van der Waals surface area contributed by atoms with E-state index in [2.05, 4.69) is 0 Å². The Kier molecular flexibility index (Phi) is 5.81. The van der Waals surface area contributed by atoms with Crippen molar-refractivity contribution in [1.29, 1.82) is 0 Å². The first-order chi connectivity index (χ1) is 12.2. The lowest BCUT2D eigenvalue weighted by molar-refractivity contribution is -0.136. The second-order valence-electron chi connectivity index (χ2n) is 7.01. The Balaban J connectivity index is 1.55. The number of likely N-dealkylation sites (tertiary alicyclic amines) is 1. The van der Waals surface area contributed by atoms with Crippen LogP contribution in [0.3, 0.4) is 0 Å². The lowest BCUT2D eigenvalue weighted by Crippen LogP contribution is -2.48. The van der Waals surface area contributed by atoms with Gasteiger partial charge in [0.15, 0.2) is 11.5 Å². The van der Waals surface area contributed by atoms with E-state index < -0.39 is 0 Å². The fourth-order valence-electron chi connectivity index (χ4n) is 3.66. The SMILES string of the molecule is COCC[C@@]1(CO)CCCN(C(=O)CCc2ccc3c(c2)OCO3)C1. The van der Waals surface area contributed by atoms with Crippen molar-refractivity contribution in [2.24, 2.45) is 5.41 Å². The molecule has 1 saturated heterocycles. The number of ether oxygens (including phenoxy) is 3. The Morgan fingerprint density at radius 1 is 1.36 bits per heavy atom. The van der Waals surface area contributed by atoms with Crippen LogP contribution in [-0.2, 0) is 16.0 Å². The summed E-state index contributed by atoms with van der Waals surface area (Å²) in [6, 6.07) is 5.82. The average Bonchev–Trinajstić information content (AvgIpc) is 3.12. The van der Waals surface area contributed by atoms with Crippen molar-refractivity contribution in [2.45, 2.75) is 32.1 Å². The number of amides is 1. The molecule has 0 aromatic heterocycles. The number of benzene rings is 1. The Bertz CT molecular complexity index is 605. The lowest BCUT2D eigenvalue weighted by atomic mass is 9.78. The molecule has 1 amide bonds. The maximum atomic E-state index is 12.6. The van der Waals surface area contributed by atoms with E-state index in [9.17, 15) is 9.90 Å². The number of carbonyl (C=O) groups excluding carboxylic acids is 1. The summed E-state index contributed by atoms with van der Waals surface area (Å²) in [7, 11) is 1.67. The van der Waals surface area contributed by atoms with Gasteiger partial charge in [-0.3, -0.25) is 4.79 Å². The Morgan fingerprint density at radius 3 is 3.00 bits per heavy atom. The van der Waals surface area contributed by atoms with Crippen LogP contribution in [0.2, 0.25) is 0 Å². The summed E-state index contributed by atoms with van der Waals surface area (Å²) in [6.45, 7) is 2.36. The lowest BCUT2D eigenvalue weighted by Gasteiger charge is -2.42. The minimum absolute atomic E-state index is 0.0995. The first kappa shape index (κ1) is 18.0. The number of aryl methyl sites for hydroxylation is 1. The van der Waals surface area contributed by atoms with Gasteiger partial charge >= 0.3 is 0 Å². The van der Waals surface area contributed by atoms with Crippen LogP contribution < -0.4 is 9.47 Å². The minimum Gasteiger partial charge on any atom is -0.454 e. The molecule has 0 aliphatic carbocycles. The first-order valence-corrected chi connectivity index (χ1v) is 8.92. The summed E-state index contributed by atoms with van der Waals surface area (Å²) in [5.74, 6) is 1.66. The molecule has 0 unspecified atom stereocenters. The molecule has 1 aromatic rings. The highest BCUT2D eigenvalue weighted by Gasteiger charge is 2.36. The van der Waals surface area contributed by atoms with Gasteiger partial charge in [-0.25, -0.2) is 0 Å². The number of piperidine rings is 1. The van der Waals surface area contributed by atoms with Gasteiger partial charge in [-0.05, 0) is 43.4 Å². The van der Waals surface area contributed by atoms with Crippen LogP contribution in [-0.4, -0.2) is 56.1 Å². The summed E-state index contributed by atoms with van der Waals surface area (Å²) < 4.78 is 15.9. The van der Waals surface area contributed by atoms with E-state index in [1.165, 1.54) is 0 Å². The van der Waals surface area contributed by atoms with Gasteiger partial charge in [0.1, 0.15) is 0 Å². The molecule has 0 saturated carbocycles. The number of aliphatic hydroxyl groups is 1. The molecular formula is C19H27NO5. The van der Waals surface area contributed by atoms with Gasteiger partial charge < -0.3 is 24.2 Å². The van der Waals surface area contributed by atoms with Crippen LogP contribution in [0.5, 0.6) is 11.5 Å².